The van der Waals surface area contributed by atoms with Crippen LogP contribution in [0.2, 0.25) is 0 Å². The van der Waals surface area contributed by atoms with E-state index in [0.717, 1.165) is 0 Å². The standard InChI is InChI=1S/C42H52N2O13/c1-17-13-12-14-18(2)40(51)44-32-28-26(41(52)54-11)23(7)43-31(28)27-29(36(32)49)35(48)22(6)38-30(27)39(50)42(9,57-38)55-16-15-25(53-10)19(3)37(56-24(8)45)21(5)34(47)20(4)33(17)46/h12-17,19-21,25,33-34,37,43,46-49H,1-11H3,(H,44,51)/b13-12+,16-15-,18-14+. The van der Waals surface area contributed by atoms with Gasteiger partial charge in [-0.25, -0.2) is 4.79 Å². The lowest BCUT2D eigenvalue weighted by atomic mass is 9.78. The number of benzene rings is 2. The van der Waals surface area contributed by atoms with Crippen molar-refractivity contribution >= 4 is 51.0 Å². The molecule has 9 unspecified atom stereocenters. The molecular weight excluding hydrogens is 740 g/mol. The van der Waals surface area contributed by atoms with Crippen molar-refractivity contribution in [2.24, 2.45) is 23.7 Å². The number of aryl methyl sites for hydroxylation is 1. The first-order valence-corrected chi connectivity index (χ1v) is 18.7. The summed E-state index contributed by atoms with van der Waals surface area (Å²) in [5.74, 6) is -8.40. The molecule has 3 heterocycles. The Balaban J connectivity index is 1.77. The molecule has 57 heavy (non-hydrogen) atoms. The summed E-state index contributed by atoms with van der Waals surface area (Å²) in [5, 5.41) is 48.9. The van der Waals surface area contributed by atoms with Crippen LogP contribution in [0.1, 0.15) is 80.4 Å². The number of phenolic OH excluding ortho intramolecular Hbond substituents is 2. The number of aromatic nitrogens is 1. The highest BCUT2D eigenvalue weighted by molar-refractivity contribution is 6.31. The number of carbonyl (C=O) groups is 4. The van der Waals surface area contributed by atoms with Gasteiger partial charge in [0.2, 0.25) is 0 Å². The SMILES string of the molecule is COC(=O)c1c(C)[nH]c2c1c1c(O)c3c(O)c(C)c4c(c32)C(=O)C(C)(O/C=C\C(OC)C(C)C(OC(C)=O)C(C)C(O)C(C)C(O)C(C)/C=C/C=C(\C)C(=O)N1)O4. The van der Waals surface area contributed by atoms with Gasteiger partial charge in [-0.3, -0.25) is 14.4 Å². The number of aromatic hydroxyl groups is 2. The van der Waals surface area contributed by atoms with E-state index in [1.54, 1.807) is 46.8 Å². The second kappa shape index (κ2) is 16.2. The van der Waals surface area contributed by atoms with E-state index in [1.807, 2.05) is 0 Å². The van der Waals surface area contributed by atoms with Gasteiger partial charge in [0.1, 0.15) is 17.6 Å². The zero-order valence-electron chi connectivity index (χ0n) is 34.0. The third-order valence-corrected chi connectivity index (χ3v) is 11.3. The smallest absolute Gasteiger partial charge is 0.340 e. The van der Waals surface area contributed by atoms with Gasteiger partial charge in [0, 0.05) is 72.2 Å². The molecule has 2 aliphatic rings. The highest BCUT2D eigenvalue weighted by Crippen LogP contribution is 2.54. The van der Waals surface area contributed by atoms with Crippen LogP contribution >= 0.6 is 0 Å². The average molecular weight is 793 g/mol. The van der Waals surface area contributed by atoms with Crippen LogP contribution in [0.25, 0.3) is 21.7 Å². The van der Waals surface area contributed by atoms with E-state index in [-0.39, 0.29) is 61.1 Å². The van der Waals surface area contributed by atoms with E-state index >= 15 is 0 Å². The number of phenols is 2. The summed E-state index contributed by atoms with van der Waals surface area (Å²) in [6.07, 6.45) is 3.54. The number of hydrogen-bond donors (Lipinski definition) is 6. The van der Waals surface area contributed by atoms with Crippen LogP contribution in [0, 0.1) is 37.5 Å². The van der Waals surface area contributed by atoms with E-state index in [9.17, 15) is 39.6 Å². The van der Waals surface area contributed by atoms with Gasteiger partial charge >= 0.3 is 17.7 Å². The number of Topliss-reactive ketones (excluding diaryl/α,β-unsaturated/α-hetero) is 1. The molecular formula is C42H52N2O13. The Morgan fingerprint density at radius 1 is 0.895 bits per heavy atom. The first-order chi connectivity index (χ1) is 26.7. The number of ether oxygens (including phenoxy) is 5. The number of H-pyrrole nitrogens is 1. The predicted molar refractivity (Wildman–Crippen MR) is 210 cm³/mol. The first kappa shape index (κ1) is 42.8. The number of nitrogens with one attached hydrogen (secondary N) is 2. The number of aliphatic hydroxyl groups excluding tert-OH is 2. The molecule has 4 bridgehead atoms. The largest absolute Gasteiger partial charge is 0.507 e. The number of ketones is 1. The molecule has 0 aliphatic carbocycles. The van der Waals surface area contributed by atoms with Crippen molar-refractivity contribution in [3.05, 3.63) is 58.5 Å². The Labute approximate surface area is 330 Å². The van der Waals surface area contributed by atoms with Gasteiger partial charge in [0.25, 0.3) is 11.7 Å². The first-order valence-electron chi connectivity index (χ1n) is 18.7. The molecule has 0 radical (unpaired) electrons. The number of anilines is 1. The zero-order chi connectivity index (χ0) is 42.4. The summed E-state index contributed by atoms with van der Waals surface area (Å²) >= 11 is 0. The fourth-order valence-electron chi connectivity index (χ4n) is 7.91. The Morgan fingerprint density at radius 3 is 2.18 bits per heavy atom. The van der Waals surface area contributed by atoms with Crippen molar-refractivity contribution in [1.29, 1.82) is 0 Å². The van der Waals surface area contributed by atoms with Crippen LogP contribution in [0.4, 0.5) is 5.69 Å². The van der Waals surface area contributed by atoms with Crippen molar-refractivity contribution in [2.45, 2.75) is 92.5 Å². The normalized spacial score (nSPS) is 30.6. The Kier molecular flexibility index (Phi) is 12.2. The molecule has 0 saturated heterocycles. The molecule has 3 aromatic rings. The molecule has 15 nitrogen and oxygen atoms in total. The van der Waals surface area contributed by atoms with Crippen molar-refractivity contribution in [2.75, 3.05) is 19.5 Å². The molecule has 6 N–H and O–H groups in total. The quantitative estimate of drug-likeness (QED) is 0.140. The average Bonchev–Trinajstić information content (AvgIpc) is 3.65. The monoisotopic (exact) mass is 792 g/mol. The summed E-state index contributed by atoms with van der Waals surface area (Å²) in [4.78, 5) is 56.9. The lowest BCUT2D eigenvalue weighted by Gasteiger charge is -2.38. The molecule has 0 spiro atoms. The number of aromatic amines is 1. The number of aliphatic hydroxyl groups is 2. The minimum atomic E-state index is -2.02. The van der Waals surface area contributed by atoms with Gasteiger partial charge < -0.3 is 54.4 Å². The predicted octanol–water partition coefficient (Wildman–Crippen LogP) is 5.62. The van der Waals surface area contributed by atoms with Crippen LogP contribution in [0.15, 0.2) is 36.1 Å². The second-order valence-electron chi connectivity index (χ2n) is 15.2. The number of methoxy groups -OCH3 is 2. The molecule has 2 aromatic carbocycles. The number of esters is 2. The number of rotatable bonds is 3. The van der Waals surface area contributed by atoms with Crippen LogP contribution < -0.4 is 10.1 Å². The number of hydrogen-bond acceptors (Lipinski definition) is 13. The summed E-state index contributed by atoms with van der Waals surface area (Å²) in [6, 6.07) is 0. The van der Waals surface area contributed by atoms with Gasteiger partial charge in [-0.1, -0.05) is 45.9 Å². The molecule has 2 aliphatic heterocycles. The van der Waals surface area contributed by atoms with Gasteiger partial charge in [0.15, 0.2) is 5.75 Å². The maximum absolute atomic E-state index is 14.5. The number of carbonyl (C=O) groups excluding carboxylic acids is 4. The van der Waals surface area contributed by atoms with Crippen molar-refractivity contribution in [1.82, 2.24) is 4.98 Å². The number of amides is 1. The summed E-state index contributed by atoms with van der Waals surface area (Å²) in [7, 11) is 2.61. The molecule has 1 aromatic heterocycles. The fraction of sp³-hybridized carbons (Fsp3) is 0.476. The van der Waals surface area contributed by atoms with Gasteiger partial charge in [-0.15, -0.1) is 0 Å². The van der Waals surface area contributed by atoms with Gasteiger partial charge in [-0.2, -0.15) is 0 Å². The van der Waals surface area contributed by atoms with Crippen LogP contribution in [-0.2, 0) is 28.5 Å². The van der Waals surface area contributed by atoms with Crippen molar-refractivity contribution in [3.63, 3.8) is 0 Å². The highest BCUT2D eigenvalue weighted by atomic mass is 16.7. The minimum Gasteiger partial charge on any atom is -0.507 e. The third kappa shape index (κ3) is 7.46. The molecule has 5 rings (SSSR count). The lowest BCUT2D eigenvalue weighted by molar-refractivity contribution is -0.160. The number of allylic oxidation sites excluding steroid dienone is 2. The van der Waals surface area contributed by atoms with Crippen molar-refractivity contribution in [3.8, 4) is 17.2 Å². The molecule has 0 saturated carbocycles. The number of fused-ring (bicyclic) bond motifs is 1. The summed E-state index contributed by atoms with van der Waals surface area (Å²) in [5.41, 5.74) is 0.313. The summed E-state index contributed by atoms with van der Waals surface area (Å²) < 4.78 is 28.7. The van der Waals surface area contributed by atoms with Crippen LogP contribution in [-0.4, -0.2) is 93.5 Å². The van der Waals surface area contributed by atoms with E-state index in [4.69, 9.17) is 23.7 Å². The minimum absolute atomic E-state index is 0.00439. The van der Waals surface area contributed by atoms with E-state index in [0.29, 0.717) is 0 Å². The third-order valence-electron chi connectivity index (χ3n) is 11.3. The molecule has 308 valence electrons. The Morgan fingerprint density at radius 2 is 1.56 bits per heavy atom. The zero-order valence-corrected chi connectivity index (χ0v) is 34.0. The van der Waals surface area contributed by atoms with Crippen LogP contribution in [0.3, 0.4) is 0 Å². The van der Waals surface area contributed by atoms with E-state index in [1.165, 1.54) is 60.3 Å². The van der Waals surface area contributed by atoms with E-state index < -0.39 is 89.0 Å². The maximum atomic E-state index is 14.5. The molecule has 15 heteroatoms. The van der Waals surface area contributed by atoms with Gasteiger partial charge in [0.05, 0.1) is 59.4 Å². The topological polar surface area (TPSA) is 223 Å². The Bertz CT molecular complexity index is 2220. The second-order valence-corrected chi connectivity index (χ2v) is 15.2. The Hall–Kier alpha value is -5.38. The fourth-order valence-corrected chi connectivity index (χ4v) is 7.91. The molecule has 1 amide bonds. The maximum Gasteiger partial charge on any atom is 0.340 e. The molecule has 0 fully saturated rings. The molecule has 9 atom stereocenters. The van der Waals surface area contributed by atoms with Gasteiger partial charge in [-0.05, 0) is 26.8 Å². The van der Waals surface area contributed by atoms with Crippen LogP contribution in [0.5, 0.6) is 17.2 Å². The van der Waals surface area contributed by atoms with E-state index in [2.05, 4.69) is 10.3 Å². The summed E-state index contributed by atoms with van der Waals surface area (Å²) in [6.45, 7) is 14.1. The van der Waals surface area contributed by atoms with Crippen molar-refractivity contribution < 1.29 is 63.3 Å². The highest BCUT2D eigenvalue weighted by Gasteiger charge is 2.50. The lowest BCUT2D eigenvalue weighted by Crippen LogP contribution is -2.46.